The third-order valence-electron chi connectivity index (χ3n) is 4.87. The molecule has 0 spiro atoms. The molecule has 3 heterocycles. The standard InChI is InChI=1S/C17H19N3O5S/c21-15-9-26-14-2-1-11(5-13(14)18-15)20-8-12(25-17(20)24)7-19-4-3-10(6-19)16(22)23/h1-2,5,10,12H,3-4,6-9H2,(H,18,21)(H,22,23)/t10-,12+/m0/s1. The van der Waals surface area contributed by atoms with Crippen LogP contribution in [0.3, 0.4) is 0 Å². The van der Waals surface area contributed by atoms with E-state index in [1.807, 2.05) is 17.0 Å². The third-order valence-corrected chi connectivity index (χ3v) is 5.94. The minimum absolute atomic E-state index is 0.0523. The maximum absolute atomic E-state index is 12.3. The van der Waals surface area contributed by atoms with Crippen LogP contribution in [0.15, 0.2) is 23.1 Å². The summed E-state index contributed by atoms with van der Waals surface area (Å²) >= 11 is 1.47. The van der Waals surface area contributed by atoms with Crippen LogP contribution in [0.1, 0.15) is 6.42 Å². The second-order valence-corrected chi connectivity index (χ2v) is 7.73. The van der Waals surface area contributed by atoms with Crippen molar-refractivity contribution in [3.05, 3.63) is 18.2 Å². The highest BCUT2D eigenvalue weighted by molar-refractivity contribution is 8.00. The molecule has 0 saturated carbocycles. The SMILES string of the molecule is O=C1CSc2ccc(N3C[C@@H](CN4CC[C@H](C(=O)O)C4)OC3=O)cc2N1. The molecule has 0 radical (unpaired) electrons. The maximum Gasteiger partial charge on any atom is 0.414 e. The molecule has 0 aliphatic carbocycles. The Balaban J connectivity index is 1.41. The van der Waals surface area contributed by atoms with Crippen molar-refractivity contribution in [2.24, 2.45) is 5.92 Å². The lowest BCUT2D eigenvalue weighted by atomic mass is 10.1. The first-order valence-corrected chi connectivity index (χ1v) is 9.48. The normalized spacial score (nSPS) is 25.8. The number of cyclic esters (lactones) is 1. The number of nitrogens with zero attached hydrogens (tertiary/aromatic N) is 2. The summed E-state index contributed by atoms with van der Waals surface area (Å²) in [5.41, 5.74) is 1.40. The highest BCUT2D eigenvalue weighted by Gasteiger charge is 2.36. The molecule has 26 heavy (non-hydrogen) atoms. The van der Waals surface area contributed by atoms with Gasteiger partial charge in [-0.1, -0.05) is 0 Å². The minimum Gasteiger partial charge on any atom is -0.481 e. The van der Waals surface area contributed by atoms with E-state index in [1.54, 1.807) is 11.0 Å². The number of nitrogens with one attached hydrogen (secondary N) is 1. The van der Waals surface area contributed by atoms with Gasteiger partial charge < -0.3 is 15.2 Å². The molecule has 138 valence electrons. The number of benzene rings is 1. The lowest BCUT2D eigenvalue weighted by Crippen LogP contribution is -2.34. The van der Waals surface area contributed by atoms with Gasteiger partial charge in [0.2, 0.25) is 5.91 Å². The number of hydrogen-bond acceptors (Lipinski definition) is 6. The smallest absolute Gasteiger partial charge is 0.414 e. The number of fused-ring (bicyclic) bond motifs is 1. The molecule has 4 rings (SSSR count). The number of rotatable bonds is 4. The number of anilines is 2. The van der Waals surface area contributed by atoms with Crippen molar-refractivity contribution in [2.75, 3.05) is 42.1 Å². The van der Waals surface area contributed by atoms with Gasteiger partial charge in [0.1, 0.15) is 6.10 Å². The molecule has 1 aromatic carbocycles. The van der Waals surface area contributed by atoms with Crippen LogP contribution in [-0.2, 0) is 14.3 Å². The number of thioether (sulfide) groups is 1. The first-order chi connectivity index (χ1) is 12.5. The molecule has 9 heteroatoms. The van der Waals surface area contributed by atoms with Gasteiger partial charge in [0.25, 0.3) is 0 Å². The molecule has 0 unspecified atom stereocenters. The summed E-state index contributed by atoms with van der Waals surface area (Å²) in [7, 11) is 0. The third kappa shape index (κ3) is 3.36. The van der Waals surface area contributed by atoms with Crippen LogP contribution in [0.2, 0.25) is 0 Å². The van der Waals surface area contributed by atoms with Crippen LogP contribution in [0.4, 0.5) is 16.2 Å². The van der Waals surface area contributed by atoms with Crippen molar-refractivity contribution in [3.63, 3.8) is 0 Å². The van der Waals surface area contributed by atoms with E-state index in [1.165, 1.54) is 11.8 Å². The van der Waals surface area contributed by atoms with E-state index >= 15 is 0 Å². The monoisotopic (exact) mass is 377 g/mol. The van der Waals surface area contributed by atoms with E-state index in [9.17, 15) is 14.4 Å². The Hall–Kier alpha value is -2.26. The van der Waals surface area contributed by atoms with E-state index in [0.717, 1.165) is 4.90 Å². The van der Waals surface area contributed by atoms with Crippen molar-refractivity contribution in [3.8, 4) is 0 Å². The fraction of sp³-hybridized carbons (Fsp3) is 0.471. The Kier molecular flexibility index (Phi) is 4.49. The number of carboxylic acid groups (broad SMARTS) is 1. The van der Waals surface area contributed by atoms with E-state index in [-0.39, 0.29) is 17.9 Å². The zero-order valence-electron chi connectivity index (χ0n) is 14.0. The van der Waals surface area contributed by atoms with E-state index in [2.05, 4.69) is 5.32 Å². The van der Waals surface area contributed by atoms with Gasteiger partial charge in [-0.3, -0.25) is 19.4 Å². The summed E-state index contributed by atoms with van der Waals surface area (Å²) in [5.74, 6) is -0.770. The Labute approximate surface area is 154 Å². The van der Waals surface area contributed by atoms with Gasteiger partial charge in [0, 0.05) is 23.7 Å². The predicted molar refractivity (Wildman–Crippen MR) is 95.6 cm³/mol. The summed E-state index contributed by atoms with van der Waals surface area (Å²) in [6.45, 7) is 2.13. The number of carbonyl (C=O) groups excluding carboxylic acids is 2. The molecule has 8 nitrogen and oxygen atoms in total. The lowest BCUT2D eigenvalue weighted by Gasteiger charge is -2.20. The second-order valence-electron chi connectivity index (χ2n) is 6.72. The molecule has 2 fully saturated rings. The number of aliphatic carboxylic acids is 1. The molecule has 2 amide bonds. The van der Waals surface area contributed by atoms with E-state index in [4.69, 9.17) is 9.84 Å². The highest BCUT2D eigenvalue weighted by atomic mass is 32.2. The summed E-state index contributed by atoms with van der Waals surface area (Å²) in [6.07, 6.45) is -0.0872. The number of ether oxygens (including phenoxy) is 1. The molecular weight excluding hydrogens is 358 g/mol. The Morgan fingerprint density at radius 2 is 2.19 bits per heavy atom. The Bertz CT molecular complexity index is 771. The number of likely N-dealkylation sites (tertiary alicyclic amines) is 1. The van der Waals surface area contributed by atoms with Crippen molar-refractivity contribution < 1.29 is 24.2 Å². The summed E-state index contributed by atoms with van der Waals surface area (Å²) in [5, 5.41) is 11.9. The van der Waals surface area contributed by atoms with Gasteiger partial charge in [-0.15, -0.1) is 11.8 Å². The summed E-state index contributed by atoms with van der Waals surface area (Å²) in [4.78, 5) is 39.5. The lowest BCUT2D eigenvalue weighted by molar-refractivity contribution is -0.141. The van der Waals surface area contributed by atoms with Crippen LogP contribution < -0.4 is 10.2 Å². The van der Waals surface area contributed by atoms with Gasteiger partial charge in [-0.25, -0.2) is 4.79 Å². The van der Waals surface area contributed by atoms with Gasteiger partial charge in [-0.2, -0.15) is 0 Å². The maximum atomic E-state index is 12.3. The van der Waals surface area contributed by atoms with Crippen LogP contribution in [0.25, 0.3) is 0 Å². The fourth-order valence-electron chi connectivity index (χ4n) is 3.55. The zero-order chi connectivity index (χ0) is 18.3. The topological polar surface area (TPSA) is 99.2 Å². The largest absolute Gasteiger partial charge is 0.481 e. The molecular formula is C17H19N3O5S. The fourth-order valence-corrected chi connectivity index (χ4v) is 4.34. The Morgan fingerprint density at radius 3 is 2.96 bits per heavy atom. The molecule has 3 aliphatic heterocycles. The molecule has 1 aromatic rings. The average Bonchev–Trinajstić information content (AvgIpc) is 3.21. The van der Waals surface area contributed by atoms with E-state index < -0.39 is 12.1 Å². The second kappa shape index (κ2) is 6.81. The van der Waals surface area contributed by atoms with Gasteiger partial charge in [0.15, 0.2) is 0 Å². The molecule has 2 N–H and O–H groups in total. The predicted octanol–water partition coefficient (Wildman–Crippen LogP) is 1.46. The van der Waals surface area contributed by atoms with Gasteiger partial charge >= 0.3 is 12.1 Å². The molecule has 2 saturated heterocycles. The summed E-state index contributed by atoms with van der Waals surface area (Å²) in [6, 6.07) is 5.54. The number of carboxylic acids is 1. The van der Waals surface area contributed by atoms with Crippen LogP contribution in [0, 0.1) is 5.92 Å². The first-order valence-electron chi connectivity index (χ1n) is 8.49. The van der Waals surface area contributed by atoms with Crippen molar-refractivity contribution in [1.29, 1.82) is 0 Å². The van der Waals surface area contributed by atoms with Gasteiger partial charge in [0.05, 0.1) is 23.9 Å². The van der Waals surface area contributed by atoms with Crippen LogP contribution in [0.5, 0.6) is 0 Å². The number of hydrogen-bond donors (Lipinski definition) is 2. The summed E-state index contributed by atoms with van der Waals surface area (Å²) < 4.78 is 5.46. The number of carbonyl (C=O) groups is 3. The number of amides is 2. The highest BCUT2D eigenvalue weighted by Crippen LogP contribution is 2.35. The first kappa shape index (κ1) is 17.2. The van der Waals surface area contributed by atoms with E-state index in [0.29, 0.717) is 49.7 Å². The van der Waals surface area contributed by atoms with Crippen molar-refractivity contribution in [2.45, 2.75) is 17.4 Å². The average molecular weight is 377 g/mol. The molecule has 0 bridgehead atoms. The van der Waals surface area contributed by atoms with Crippen LogP contribution in [-0.4, -0.2) is 66.0 Å². The molecule has 3 aliphatic rings. The van der Waals surface area contributed by atoms with Crippen LogP contribution >= 0.6 is 11.8 Å². The zero-order valence-corrected chi connectivity index (χ0v) is 14.8. The quantitative estimate of drug-likeness (QED) is 0.819. The van der Waals surface area contributed by atoms with Crippen molar-refractivity contribution >= 4 is 41.1 Å². The van der Waals surface area contributed by atoms with Crippen molar-refractivity contribution in [1.82, 2.24) is 4.90 Å². The molecule has 2 atom stereocenters. The minimum atomic E-state index is -0.772. The van der Waals surface area contributed by atoms with Gasteiger partial charge in [-0.05, 0) is 31.2 Å². The Morgan fingerprint density at radius 1 is 1.35 bits per heavy atom. The molecule has 0 aromatic heterocycles.